The Kier molecular flexibility index (Phi) is 3.90. The largest absolute Gasteiger partial charge is 0.477 e. The fraction of sp³-hybridized carbons (Fsp3) is 0.333. The van der Waals surface area contributed by atoms with Crippen LogP contribution in [-0.4, -0.2) is 30.2 Å². The Morgan fingerprint density at radius 3 is 2.90 bits per heavy atom. The van der Waals surface area contributed by atoms with Crippen LogP contribution >= 0.6 is 11.3 Å². The Labute approximate surface area is 125 Å². The molecule has 110 valence electrons. The van der Waals surface area contributed by atoms with Crippen LogP contribution in [0, 0.1) is 5.92 Å². The normalized spacial score (nSPS) is 18.6. The molecule has 0 aliphatic carbocycles. The maximum absolute atomic E-state index is 12.1. The minimum absolute atomic E-state index is 0.0391. The summed E-state index contributed by atoms with van der Waals surface area (Å²) in [6.07, 6.45) is 1.75. The van der Waals surface area contributed by atoms with Crippen LogP contribution in [0.25, 0.3) is 10.1 Å². The van der Waals surface area contributed by atoms with E-state index < -0.39 is 5.97 Å². The van der Waals surface area contributed by atoms with Gasteiger partial charge in [0.1, 0.15) is 4.88 Å². The smallest absolute Gasteiger partial charge is 0.345 e. The van der Waals surface area contributed by atoms with Crippen molar-refractivity contribution in [3.8, 4) is 0 Å². The van der Waals surface area contributed by atoms with E-state index in [2.05, 4.69) is 5.32 Å². The van der Waals surface area contributed by atoms with Crippen LogP contribution in [-0.2, 0) is 9.53 Å². The van der Waals surface area contributed by atoms with E-state index in [1.54, 1.807) is 18.2 Å². The van der Waals surface area contributed by atoms with E-state index >= 15 is 0 Å². The number of anilines is 1. The number of amides is 1. The number of ether oxygens (including phenoxy) is 1. The van der Waals surface area contributed by atoms with Gasteiger partial charge in [-0.3, -0.25) is 4.79 Å². The highest BCUT2D eigenvalue weighted by Crippen LogP contribution is 2.28. The second-order valence-corrected chi connectivity index (χ2v) is 6.16. The lowest BCUT2D eigenvalue weighted by atomic mass is 10.0. The summed E-state index contributed by atoms with van der Waals surface area (Å²) >= 11 is 1.23. The first-order valence-corrected chi connectivity index (χ1v) is 7.60. The monoisotopic (exact) mass is 305 g/mol. The van der Waals surface area contributed by atoms with Crippen molar-refractivity contribution in [3.05, 3.63) is 29.1 Å². The van der Waals surface area contributed by atoms with Crippen LogP contribution in [0.3, 0.4) is 0 Å². The predicted octanol–water partition coefficient (Wildman–Crippen LogP) is 2.96. The highest BCUT2D eigenvalue weighted by Gasteiger charge is 2.21. The fourth-order valence-corrected chi connectivity index (χ4v) is 3.30. The molecule has 6 heteroatoms. The molecule has 1 amide bonds. The van der Waals surface area contributed by atoms with Crippen LogP contribution in [0.15, 0.2) is 24.3 Å². The van der Waals surface area contributed by atoms with E-state index in [-0.39, 0.29) is 11.8 Å². The molecule has 1 aliphatic rings. The summed E-state index contributed by atoms with van der Waals surface area (Å²) in [5, 5.41) is 12.7. The van der Waals surface area contributed by atoms with Gasteiger partial charge >= 0.3 is 5.97 Å². The second kappa shape index (κ2) is 5.83. The number of carboxylic acid groups (broad SMARTS) is 1. The average Bonchev–Trinajstić information content (AvgIpc) is 2.91. The van der Waals surface area contributed by atoms with E-state index in [1.807, 2.05) is 6.07 Å². The predicted molar refractivity (Wildman–Crippen MR) is 81.0 cm³/mol. The molecule has 0 saturated carbocycles. The zero-order valence-corrected chi connectivity index (χ0v) is 12.1. The number of carbonyl (C=O) groups is 2. The molecule has 2 aromatic rings. The number of aromatic carboxylic acids is 1. The average molecular weight is 305 g/mol. The van der Waals surface area contributed by atoms with Gasteiger partial charge in [0, 0.05) is 17.0 Å². The van der Waals surface area contributed by atoms with Crippen LogP contribution in [0.2, 0.25) is 0 Å². The number of carbonyl (C=O) groups excluding carboxylic acids is 1. The van der Waals surface area contributed by atoms with Crippen molar-refractivity contribution < 1.29 is 19.4 Å². The minimum Gasteiger partial charge on any atom is -0.477 e. The molecule has 0 unspecified atom stereocenters. The van der Waals surface area contributed by atoms with Crippen molar-refractivity contribution >= 4 is 39.0 Å². The molecule has 1 aromatic carbocycles. The van der Waals surface area contributed by atoms with Gasteiger partial charge in [-0.25, -0.2) is 4.79 Å². The van der Waals surface area contributed by atoms with Crippen molar-refractivity contribution in [2.45, 2.75) is 12.8 Å². The Bertz CT molecular complexity index is 688. The zero-order chi connectivity index (χ0) is 14.8. The molecule has 0 bridgehead atoms. The molecule has 0 radical (unpaired) electrons. The Balaban J connectivity index is 1.77. The molecular weight excluding hydrogens is 290 g/mol. The number of rotatable bonds is 3. The van der Waals surface area contributed by atoms with Crippen molar-refractivity contribution in [2.75, 3.05) is 18.5 Å². The van der Waals surface area contributed by atoms with Gasteiger partial charge in [0.15, 0.2) is 0 Å². The number of nitrogens with one attached hydrogen (secondary N) is 1. The topological polar surface area (TPSA) is 75.6 Å². The third kappa shape index (κ3) is 3.06. The Morgan fingerprint density at radius 1 is 1.33 bits per heavy atom. The number of carboxylic acids is 1. The summed E-state index contributed by atoms with van der Waals surface area (Å²) < 4.78 is 6.21. The zero-order valence-electron chi connectivity index (χ0n) is 11.3. The van der Waals surface area contributed by atoms with E-state index in [1.165, 1.54) is 11.3 Å². The summed E-state index contributed by atoms with van der Waals surface area (Å²) in [4.78, 5) is 23.4. The van der Waals surface area contributed by atoms with Crippen molar-refractivity contribution in [1.82, 2.24) is 0 Å². The van der Waals surface area contributed by atoms with E-state index in [4.69, 9.17) is 9.84 Å². The SMILES string of the molecule is O=C(O)c1cc2cc(NC(=O)[C@H]3CCCOC3)ccc2s1. The molecule has 21 heavy (non-hydrogen) atoms. The van der Waals surface area contributed by atoms with Crippen LogP contribution in [0.1, 0.15) is 22.5 Å². The van der Waals surface area contributed by atoms with Crippen molar-refractivity contribution in [3.63, 3.8) is 0 Å². The van der Waals surface area contributed by atoms with Gasteiger partial charge in [-0.15, -0.1) is 11.3 Å². The summed E-state index contributed by atoms with van der Waals surface area (Å²) in [7, 11) is 0. The second-order valence-electron chi connectivity index (χ2n) is 5.07. The van der Waals surface area contributed by atoms with E-state index in [0.717, 1.165) is 29.5 Å². The summed E-state index contributed by atoms with van der Waals surface area (Å²) in [6, 6.07) is 7.06. The molecule has 3 rings (SSSR count). The van der Waals surface area contributed by atoms with Crippen LogP contribution in [0.5, 0.6) is 0 Å². The number of hydrogen-bond acceptors (Lipinski definition) is 4. The molecule has 0 spiro atoms. The van der Waals surface area contributed by atoms with Gasteiger partial charge in [-0.1, -0.05) is 0 Å². The third-order valence-electron chi connectivity index (χ3n) is 3.53. The highest BCUT2D eigenvalue weighted by molar-refractivity contribution is 7.20. The number of benzene rings is 1. The van der Waals surface area contributed by atoms with Crippen molar-refractivity contribution in [1.29, 1.82) is 0 Å². The molecule has 1 saturated heterocycles. The van der Waals surface area contributed by atoms with Gasteiger partial charge < -0.3 is 15.2 Å². The third-order valence-corrected chi connectivity index (χ3v) is 4.63. The first kappa shape index (κ1) is 14.0. The van der Waals surface area contributed by atoms with Gasteiger partial charge in [-0.05, 0) is 42.5 Å². The lowest BCUT2D eigenvalue weighted by molar-refractivity contribution is -0.123. The fourth-order valence-electron chi connectivity index (χ4n) is 2.42. The first-order valence-electron chi connectivity index (χ1n) is 6.79. The maximum Gasteiger partial charge on any atom is 0.345 e. The summed E-state index contributed by atoms with van der Waals surface area (Å²) in [5.41, 5.74) is 0.688. The van der Waals surface area contributed by atoms with Gasteiger partial charge in [0.05, 0.1) is 12.5 Å². The quantitative estimate of drug-likeness (QED) is 0.914. The van der Waals surface area contributed by atoms with Gasteiger partial charge in [-0.2, -0.15) is 0 Å². The lowest BCUT2D eigenvalue weighted by Gasteiger charge is -2.21. The molecule has 1 atom stereocenters. The first-order chi connectivity index (χ1) is 10.1. The lowest BCUT2D eigenvalue weighted by Crippen LogP contribution is -2.30. The van der Waals surface area contributed by atoms with E-state index in [9.17, 15) is 9.59 Å². The van der Waals surface area contributed by atoms with Gasteiger partial charge in [0.25, 0.3) is 0 Å². The Morgan fingerprint density at radius 2 is 2.19 bits per heavy atom. The minimum atomic E-state index is -0.930. The molecule has 2 N–H and O–H groups in total. The van der Waals surface area contributed by atoms with Crippen molar-refractivity contribution in [2.24, 2.45) is 5.92 Å². The maximum atomic E-state index is 12.1. The van der Waals surface area contributed by atoms with E-state index in [0.29, 0.717) is 17.2 Å². The summed E-state index contributed by atoms with van der Waals surface area (Å²) in [6.45, 7) is 1.19. The standard InChI is InChI=1S/C15H15NO4S/c17-14(9-2-1-5-20-8-9)16-11-3-4-12-10(6-11)7-13(21-12)15(18)19/h3-4,6-7,9H,1-2,5,8H2,(H,16,17)(H,18,19)/t9-/m0/s1. The highest BCUT2D eigenvalue weighted by atomic mass is 32.1. The Hall–Kier alpha value is -1.92. The van der Waals surface area contributed by atoms with Crippen LogP contribution in [0.4, 0.5) is 5.69 Å². The molecular formula is C15H15NO4S. The number of thiophene rings is 1. The summed E-state index contributed by atoms with van der Waals surface area (Å²) in [5.74, 6) is -1.07. The molecule has 2 heterocycles. The molecule has 1 aliphatic heterocycles. The molecule has 5 nitrogen and oxygen atoms in total. The van der Waals surface area contributed by atoms with Crippen LogP contribution < -0.4 is 5.32 Å². The van der Waals surface area contributed by atoms with Gasteiger partial charge in [0.2, 0.25) is 5.91 Å². The molecule has 1 aromatic heterocycles. The number of fused-ring (bicyclic) bond motifs is 1. The molecule has 1 fully saturated rings. The number of hydrogen-bond donors (Lipinski definition) is 2.